The lowest BCUT2D eigenvalue weighted by Gasteiger charge is -2.17. The maximum absolute atomic E-state index is 13.9. The number of hydrogen-bond acceptors (Lipinski definition) is 0. The van der Waals surface area contributed by atoms with Crippen molar-refractivity contribution in [1.29, 1.82) is 0 Å². The fourth-order valence-corrected chi connectivity index (χ4v) is 1.55. The second-order valence-corrected chi connectivity index (χ2v) is 3.56. The van der Waals surface area contributed by atoms with E-state index in [9.17, 15) is 17.6 Å². The van der Waals surface area contributed by atoms with Gasteiger partial charge in [-0.25, -0.2) is 8.78 Å². The van der Waals surface area contributed by atoms with Crippen LogP contribution in [-0.4, -0.2) is 0 Å². The Morgan fingerprint density at radius 1 is 0.824 bits per heavy atom. The van der Waals surface area contributed by atoms with Crippen LogP contribution in [0.4, 0.5) is 17.6 Å². The molecule has 0 amide bonds. The zero-order valence-electron chi connectivity index (χ0n) is 8.63. The number of hydrogen-bond donors (Lipinski definition) is 0. The van der Waals surface area contributed by atoms with Crippen molar-refractivity contribution >= 4 is 0 Å². The van der Waals surface area contributed by atoms with Gasteiger partial charge in [-0.2, -0.15) is 8.78 Å². The molecule has 17 heavy (non-hydrogen) atoms. The zero-order valence-corrected chi connectivity index (χ0v) is 8.63. The molecule has 0 nitrogen and oxygen atoms in total. The topological polar surface area (TPSA) is 0 Å². The van der Waals surface area contributed by atoms with Crippen molar-refractivity contribution in [3.8, 4) is 0 Å². The molecule has 88 valence electrons. The van der Waals surface area contributed by atoms with Crippen molar-refractivity contribution in [2.75, 3.05) is 0 Å². The van der Waals surface area contributed by atoms with Crippen LogP contribution in [0.5, 0.6) is 0 Å². The Balaban J connectivity index is 2.52. The lowest BCUT2D eigenvalue weighted by atomic mass is 10.00. The van der Waals surface area contributed by atoms with Gasteiger partial charge < -0.3 is 0 Å². The standard InChI is InChI=1S/C13H8F4/c14-10-6-7-11(12(15)8-10)13(16,17)9-4-2-1-3-5-9/h1-8H. The Morgan fingerprint density at radius 3 is 2.06 bits per heavy atom. The maximum atomic E-state index is 13.9. The van der Waals surface area contributed by atoms with Gasteiger partial charge in [0, 0.05) is 11.6 Å². The van der Waals surface area contributed by atoms with E-state index in [1.54, 1.807) is 6.07 Å². The van der Waals surface area contributed by atoms with Gasteiger partial charge in [0.15, 0.2) is 0 Å². The first kappa shape index (κ1) is 11.6. The normalized spacial score (nSPS) is 11.5. The smallest absolute Gasteiger partial charge is 0.207 e. The highest BCUT2D eigenvalue weighted by atomic mass is 19.3. The van der Waals surface area contributed by atoms with E-state index in [1.807, 2.05) is 0 Å². The number of halogens is 4. The molecular formula is C13H8F4. The molecule has 0 fully saturated rings. The summed E-state index contributed by atoms with van der Waals surface area (Å²) >= 11 is 0. The van der Waals surface area contributed by atoms with Crippen LogP contribution in [0.15, 0.2) is 48.5 Å². The van der Waals surface area contributed by atoms with Crippen LogP contribution in [0.25, 0.3) is 0 Å². The minimum atomic E-state index is -3.47. The van der Waals surface area contributed by atoms with Crippen molar-refractivity contribution in [2.45, 2.75) is 5.92 Å². The predicted molar refractivity (Wildman–Crippen MR) is 55.8 cm³/mol. The fourth-order valence-electron chi connectivity index (χ4n) is 1.55. The first-order chi connectivity index (χ1) is 8.01. The second kappa shape index (κ2) is 4.20. The van der Waals surface area contributed by atoms with Gasteiger partial charge >= 0.3 is 5.92 Å². The predicted octanol–water partition coefficient (Wildman–Crippen LogP) is 4.10. The van der Waals surface area contributed by atoms with Gasteiger partial charge in [-0.05, 0) is 12.1 Å². The number of alkyl halides is 2. The molecule has 0 spiro atoms. The summed E-state index contributed by atoms with van der Waals surface area (Å²) in [6, 6.07) is 8.88. The molecule has 0 saturated carbocycles. The zero-order chi connectivity index (χ0) is 12.5. The average Bonchev–Trinajstić information content (AvgIpc) is 2.29. The molecule has 0 bridgehead atoms. The monoisotopic (exact) mass is 240 g/mol. The van der Waals surface area contributed by atoms with Crippen molar-refractivity contribution < 1.29 is 17.6 Å². The van der Waals surface area contributed by atoms with E-state index in [4.69, 9.17) is 0 Å². The van der Waals surface area contributed by atoms with Crippen molar-refractivity contribution in [1.82, 2.24) is 0 Å². The Labute approximate surface area is 95.5 Å². The summed E-state index contributed by atoms with van der Waals surface area (Å²) in [6.45, 7) is 0. The Bertz CT molecular complexity index is 520. The van der Waals surface area contributed by atoms with Crippen LogP contribution in [0.2, 0.25) is 0 Å². The van der Waals surface area contributed by atoms with Crippen molar-refractivity contribution in [3.05, 3.63) is 71.3 Å². The number of benzene rings is 2. The highest BCUT2D eigenvalue weighted by molar-refractivity contribution is 5.34. The van der Waals surface area contributed by atoms with Gasteiger partial charge in [0.2, 0.25) is 0 Å². The molecule has 0 aliphatic carbocycles. The van der Waals surface area contributed by atoms with E-state index >= 15 is 0 Å². The molecular weight excluding hydrogens is 232 g/mol. The third-order valence-corrected chi connectivity index (χ3v) is 2.41. The Kier molecular flexibility index (Phi) is 2.88. The van der Waals surface area contributed by atoms with Crippen LogP contribution in [0.3, 0.4) is 0 Å². The molecule has 0 aromatic heterocycles. The van der Waals surface area contributed by atoms with Crippen LogP contribution in [-0.2, 0) is 5.92 Å². The van der Waals surface area contributed by atoms with Gasteiger partial charge in [-0.3, -0.25) is 0 Å². The van der Waals surface area contributed by atoms with Crippen molar-refractivity contribution in [2.24, 2.45) is 0 Å². The molecule has 2 aromatic carbocycles. The lowest BCUT2D eigenvalue weighted by Crippen LogP contribution is -2.17. The van der Waals surface area contributed by atoms with Crippen LogP contribution < -0.4 is 0 Å². The van der Waals surface area contributed by atoms with E-state index in [-0.39, 0.29) is 5.56 Å². The van der Waals surface area contributed by atoms with Gasteiger partial charge in [0.05, 0.1) is 5.56 Å². The molecule has 0 atom stereocenters. The first-order valence-electron chi connectivity index (χ1n) is 4.90. The number of rotatable bonds is 2. The maximum Gasteiger partial charge on any atom is 0.301 e. The van der Waals surface area contributed by atoms with Gasteiger partial charge in [-0.15, -0.1) is 0 Å². The Morgan fingerprint density at radius 2 is 1.47 bits per heavy atom. The summed E-state index contributed by atoms with van der Waals surface area (Å²) in [7, 11) is 0. The van der Waals surface area contributed by atoms with Gasteiger partial charge in [-0.1, -0.05) is 30.3 Å². The summed E-state index contributed by atoms with van der Waals surface area (Å²) in [6.07, 6.45) is 0. The quantitative estimate of drug-likeness (QED) is 0.693. The summed E-state index contributed by atoms with van der Waals surface area (Å²) in [5, 5.41) is 0. The third-order valence-electron chi connectivity index (χ3n) is 2.41. The Hall–Kier alpha value is -1.84. The minimum Gasteiger partial charge on any atom is -0.207 e. The van der Waals surface area contributed by atoms with E-state index in [2.05, 4.69) is 0 Å². The lowest BCUT2D eigenvalue weighted by molar-refractivity contribution is 0.0388. The summed E-state index contributed by atoms with van der Waals surface area (Å²) < 4.78 is 53.8. The van der Waals surface area contributed by atoms with Gasteiger partial charge in [0.25, 0.3) is 0 Å². The molecule has 0 aliphatic heterocycles. The summed E-state index contributed by atoms with van der Waals surface area (Å²) in [5.41, 5.74) is -1.16. The second-order valence-electron chi connectivity index (χ2n) is 3.56. The minimum absolute atomic E-state index is 0.328. The van der Waals surface area contributed by atoms with E-state index in [0.717, 1.165) is 12.1 Å². The fraction of sp³-hybridized carbons (Fsp3) is 0.0769. The molecule has 0 N–H and O–H groups in total. The van der Waals surface area contributed by atoms with Crippen LogP contribution in [0, 0.1) is 11.6 Å². The van der Waals surface area contributed by atoms with E-state index in [0.29, 0.717) is 6.07 Å². The third kappa shape index (κ3) is 2.16. The molecule has 0 unspecified atom stereocenters. The van der Waals surface area contributed by atoms with Crippen LogP contribution >= 0.6 is 0 Å². The largest absolute Gasteiger partial charge is 0.301 e. The van der Waals surface area contributed by atoms with E-state index in [1.165, 1.54) is 24.3 Å². The van der Waals surface area contributed by atoms with Crippen molar-refractivity contribution in [3.63, 3.8) is 0 Å². The molecule has 0 aliphatic rings. The van der Waals surface area contributed by atoms with Crippen LogP contribution in [0.1, 0.15) is 11.1 Å². The molecule has 0 heterocycles. The highest BCUT2D eigenvalue weighted by Crippen LogP contribution is 2.36. The average molecular weight is 240 g/mol. The summed E-state index contributed by atoms with van der Waals surface area (Å²) in [5.74, 6) is -5.60. The molecule has 4 heteroatoms. The highest BCUT2D eigenvalue weighted by Gasteiger charge is 2.36. The molecule has 2 rings (SSSR count). The SMILES string of the molecule is Fc1ccc(C(F)(F)c2ccccc2)c(F)c1. The first-order valence-corrected chi connectivity index (χ1v) is 4.90. The summed E-state index contributed by atoms with van der Waals surface area (Å²) in [4.78, 5) is 0. The molecule has 0 radical (unpaired) electrons. The molecule has 2 aromatic rings. The molecule has 0 saturated heterocycles. The van der Waals surface area contributed by atoms with Gasteiger partial charge in [0.1, 0.15) is 11.6 Å². The van der Waals surface area contributed by atoms with E-state index < -0.39 is 23.1 Å².